The van der Waals surface area contributed by atoms with Crippen LogP contribution in [0.2, 0.25) is 0 Å². The summed E-state index contributed by atoms with van der Waals surface area (Å²) in [5.41, 5.74) is -1.18. The predicted octanol–water partition coefficient (Wildman–Crippen LogP) is 10.5. The second-order valence-corrected chi connectivity index (χ2v) is 11.5. The van der Waals surface area contributed by atoms with Crippen molar-refractivity contribution in [1.82, 2.24) is 0 Å². The average molecular weight is 567 g/mol. The van der Waals surface area contributed by atoms with Crippen LogP contribution in [0.5, 0.6) is 5.75 Å². The van der Waals surface area contributed by atoms with E-state index in [1.807, 2.05) is 0 Å². The van der Waals surface area contributed by atoms with Crippen LogP contribution < -0.4 is 4.74 Å². The van der Waals surface area contributed by atoms with E-state index in [1.165, 1.54) is 38.5 Å². The van der Waals surface area contributed by atoms with Gasteiger partial charge in [0.1, 0.15) is 17.4 Å². The molecule has 3 aromatic rings. The number of hydrogen-bond donors (Lipinski definition) is 0. The van der Waals surface area contributed by atoms with Crippen molar-refractivity contribution in [2.45, 2.75) is 83.2 Å². The number of rotatable bonds is 7. The molecule has 0 atom stereocenters. The molecule has 0 unspecified atom stereocenters. The Morgan fingerprint density at radius 1 is 0.725 bits per heavy atom. The van der Waals surface area contributed by atoms with Crippen molar-refractivity contribution in [3.8, 4) is 5.75 Å². The van der Waals surface area contributed by atoms with Crippen LogP contribution in [-0.2, 0) is 6.11 Å². The number of benzene rings is 3. The molecule has 0 amide bonds. The maximum atomic E-state index is 15.1. The summed E-state index contributed by atoms with van der Waals surface area (Å²) in [6, 6.07) is 4.66. The molecule has 40 heavy (non-hydrogen) atoms. The molecule has 0 saturated heterocycles. The third-order valence-electron chi connectivity index (χ3n) is 9.04. The van der Waals surface area contributed by atoms with Gasteiger partial charge < -0.3 is 4.74 Å². The van der Waals surface area contributed by atoms with Gasteiger partial charge in [-0.15, -0.1) is 0 Å². The Bertz CT molecular complexity index is 1330. The fourth-order valence-electron chi connectivity index (χ4n) is 6.93. The van der Waals surface area contributed by atoms with Crippen molar-refractivity contribution < 1.29 is 35.5 Å². The third-order valence-corrected chi connectivity index (χ3v) is 9.04. The van der Waals surface area contributed by atoms with E-state index in [0.717, 1.165) is 37.0 Å². The summed E-state index contributed by atoms with van der Waals surface area (Å²) < 4.78 is 106. The average Bonchev–Trinajstić information content (AvgIpc) is 2.92. The molecule has 0 aromatic heterocycles. The maximum Gasteiger partial charge on any atom is 0.426 e. The van der Waals surface area contributed by atoms with E-state index in [-0.39, 0.29) is 22.3 Å². The van der Waals surface area contributed by atoms with E-state index >= 15 is 8.78 Å². The van der Waals surface area contributed by atoms with E-state index in [9.17, 15) is 22.0 Å². The number of fused-ring (bicyclic) bond motifs is 1. The summed E-state index contributed by atoms with van der Waals surface area (Å²) >= 11 is 0. The Balaban J connectivity index is 1.27. The van der Waals surface area contributed by atoms with Gasteiger partial charge in [0.2, 0.25) is 0 Å². The molecule has 2 aliphatic carbocycles. The second kappa shape index (κ2) is 11.6. The summed E-state index contributed by atoms with van der Waals surface area (Å²) in [6.07, 6.45) is 6.27. The van der Waals surface area contributed by atoms with Crippen molar-refractivity contribution >= 4 is 10.8 Å². The van der Waals surface area contributed by atoms with E-state index in [4.69, 9.17) is 4.74 Å². The van der Waals surface area contributed by atoms with Crippen molar-refractivity contribution in [1.29, 1.82) is 0 Å². The Morgan fingerprint density at radius 3 is 1.93 bits per heavy atom. The minimum atomic E-state index is -4.14. The summed E-state index contributed by atoms with van der Waals surface area (Å²) in [7, 11) is 0. The summed E-state index contributed by atoms with van der Waals surface area (Å²) in [5.74, 6) is -5.56. The molecular weight excluding hydrogens is 533 g/mol. The highest BCUT2D eigenvalue weighted by Gasteiger charge is 2.38. The first kappa shape index (κ1) is 28.7. The number of hydrogen-bond acceptors (Lipinski definition) is 1. The maximum absolute atomic E-state index is 15.1. The Kier molecular flexibility index (Phi) is 8.35. The van der Waals surface area contributed by atoms with Gasteiger partial charge in [-0.05, 0) is 104 Å². The van der Waals surface area contributed by atoms with Crippen LogP contribution in [0.1, 0.15) is 88.2 Å². The number of halogens is 7. The molecule has 216 valence electrons. The first-order valence-electron chi connectivity index (χ1n) is 14.2. The highest BCUT2D eigenvalue weighted by atomic mass is 19.3. The molecule has 1 nitrogen and oxygen atoms in total. The SMILES string of the molecule is CCC[C@H]1CC[C@H]([C@H]2CC[C@H](c3c(F)cc(C(F)(F)Oc4ccc5c(F)c(F)c(F)cc5c4)cc3F)CC2)CC1. The lowest BCUT2D eigenvalue weighted by atomic mass is 9.68. The highest BCUT2D eigenvalue weighted by Crippen LogP contribution is 2.46. The van der Waals surface area contributed by atoms with Gasteiger partial charge in [0.25, 0.3) is 0 Å². The topological polar surface area (TPSA) is 9.23 Å². The fraction of sp³-hybridized carbons (Fsp3) is 0.500. The lowest BCUT2D eigenvalue weighted by molar-refractivity contribution is -0.185. The molecule has 0 radical (unpaired) electrons. The molecule has 0 N–H and O–H groups in total. The van der Waals surface area contributed by atoms with E-state index in [2.05, 4.69) is 6.92 Å². The molecule has 0 spiro atoms. The van der Waals surface area contributed by atoms with Gasteiger partial charge in [0.15, 0.2) is 17.5 Å². The lowest BCUT2D eigenvalue weighted by Crippen LogP contribution is -2.26. The smallest absolute Gasteiger partial charge is 0.426 e. The Morgan fingerprint density at radius 2 is 1.32 bits per heavy atom. The summed E-state index contributed by atoms with van der Waals surface area (Å²) in [5, 5.41) is -0.531. The molecule has 2 aliphatic rings. The van der Waals surface area contributed by atoms with E-state index in [1.54, 1.807) is 0 Å². The van der Waals surface area contributed by atoms with Crippen LogP contribution in [0.3, 0.4) is 0 Å². The third kappa shape index (κ3) is 5.82. The monoisotopic (exact) mass is 566 g/mol. The second-order valence-electron chi connectivity index (χ2n) is 11.5. The first-order chi connectivity index (χ1) is 19.1. The van der Waals surface area contributed by atoms with E-state index in [0.29, 0.717) is 42.9 Å². The standard InChI is InChI=1S/C32H33F7O/c1-2-3-18-4-6-19(7-5-18)20-8-10-21(11-9-20)29-26(33)16-23(17-27(29)34)32(38,39)40-24-12-13-25-22(14-24)15-28(35)31(37)30(25)36/h12-21H,2-11H2,1H3/t18-,19-,20-,21-. The van der Waals surface area contributed by atoms with Gasteiger partial charge in [-0.3, -0.25) is 0 Å². The molecule has 0 aliphatic heterocycles. The van der Waals surface area contributed by atoms with E-state index < -0.39 is 46.5 Å². The largest absolute Gasteiger partial charge is 0.429 e. The molecule has 8 heteroatoms. The predicted molar refractivity (Wildman–Crippen MR) is 140 cm³/mol. The van der Waals surface area contributed by atoms with Crippen molar-refractivity contribution in [3.63, 3.8) is 0 Å². The van der Waals surface area contributed by atoms with Crippen molar-refractivity contribution in [2.75, 3.05) is 0 Å². The highest BCUT2D eigenvalue weighted by molar-refractivity contribution is 5.84. The van der Waals surface area contributed by atoms with Crippen molar-refractivity contribution in [2.24, 2.45) is 17.8 Å². The summed E-state index contributed by atoms with van der Waals surface area (Å²) in [6.45, 7) is 2.22. The summed E-state index contributed by atoms with van der Waals surface area (Å²) in [4.78, 5) is 0. The quantitative estimate of drug-likeness (QED) is 0.204. The minimum absolute atomic E-state index is 0.164. The number of ether oxygens (including phenoxy) is 1. The van der Waals surface area contributed by atoms with Gasteiger partial charge in [-0.1, -0.05) is 32.6 Å². The zero-order valence-corrected chi connectivity index (χ0v) is 22.4. The molecule has 3 aromatic carbocycles. The zero-order valence-electron chi connectivity index (χ0n) is 22.4. The normalized spacial score (nSPS) is 23.9. The first-order valence-corrected chi connectivity index (χ1v) is 14.2. The van der Waals surface area contributed by atoms with Crippen LogP contribution in [-0.4, -0.2) is 0 Å². The van der Waals surface area contributed by atoms with Gasteiger partial charge in [-0.2, -0.15) is 8.78 Å². The molecule has 2 saturated carbocycles. The fourth-order valence-corrected chi connectivity index (χ4v) is 6.93. The molecule has 0 bridgehead atoms. The molecular formula is C32H33F7O. The van der Waals surface area contributed by atoms with Crippen LogP contribution in [0, 0.1) is 46.8 Å². The van der Waals surface area contributed by atoms with Crippen LogP contribution in [0.25, 0.3) is 10.8 Å². The Labute approximate surface area is 229 Å². The van der Waals surface area contributed by atoms with Crippen LogP contribution in [0.4, 0.5) is 30.7 Å². The Hall–Kier alpha value is -2.77. The van der Waals surface area contributed by atoms with Crippen LogP contribution >= 0.6 is 0 Å². The lowest BCUT2D eigenvalue weighted by Gasteiger charge is -2.38. The van der Waals surface area contributed by atoms with Crippen LogP contribution in [0.15, 0.2) is 36.4 Å². The zero-order chi connectivity index (χ0) is 28.6. The van der Waals surface area contributed by atoms with Gasteiger partial charge in [0, 0.05) is 10.9 Å². The van der Waals surface area contributed by atoms with Gasteiger partial charge >= 0.3 is 6.11 Å². The molecule has 2 fully saturated rings. The van der Waals surface area contributed by atoms with Gasteiger partial charge in [0.05, 0.1) is 5.56 Å². The minimum Gasteiger partial charge on any atom is -0.429 e. The van der Waals surface area contributed by atoms with Gasteiger partial charge in [-0.25, -0.2) is 22.0 Å². The van der Waals surface area contributed by atoms with Crippen molar-refractivity contribution in [3.05, 3.63) is 76.6 Å². The molecule has 0 heterocycles. The molecule has 5 rings (SSSR count). The number of alkyl halides is 2.